The number of para-hydroxylation sites is 1. The number of amidine groups is 1. The highest BCUT2D eigenvalue weighted by molar-refractivity contribution is 8.13. The molecule has 1 fully saturated rings. The molecule has 1 aromatic rings. The van der Waals surface area contributed by atoms with Crippen LogP contribution in [0.4, 0.5) is 0 Å². The van der Waals surface area contributed by atoms with Gasteiger partial charge in [0.2, 0.25) is 0 Å². The van der Waals surface area contributed by atoms with E-state index in [2.05, 4.69) is 24.2 Å². The summed E-state index contributed by atoms with van der Waals surface area (Å²) in [7, 11) is 0. The van der Waals surface area contributed by atoms with E-state index in [1.165, 1.54) is 0 Å². The predicted octanol–water partition coefficient (Wildman–Crippen LogP) is 3.17. The molecule has 0 saturated carbocycles. The first-order valence-electron chi connectivity index (χ1n) is 6.87. The Bertz CT molecular complexity index is 408. The number of rotatable bonds is 5. The Kier molecular flexibility index (Phi) is 5.58. The van der Waals surface area contributed by atoms with Gasteiger partial charge in [-0.15, -0.1) is 0 Å². The zero-order valence-electron chi connectivity index (χ0n) is 11.6. The van der Waals surface area contributed by atoms with E-state index in [1.54, 1.807) is 0 Å². The summed E-state index contributed by atoms with van der Waals surface area (Å²) in [5.41, 5.74) is 0. The Hall–Kier alpha value is -1.16. The van der Waals surface area contributed by atoms with E-state index in [0.29, 0.717) is 12.0 Å². The minimum atomic E-state index is 0.528. The molecule has 2 rings (SSSR count). The molecular weight excluding hydrogens is 256 g/mol. The highest BCUT2D eigenvalue weighted by Gasteiger charge is 2.20. The summed E-state index contributed by atoms with van der Waals surface area (Å²) in [6.45, 7) is 6.04. The van der Waals surface area contributed by atoms with Crippen molar-refractivity contribution in [3.05, 3.63) is 30.3 Å². The molecule has 104 valence electrons. The molecule has 1 aliphatic heterocycles. The van der Waals surface area contributed by atoms with Crippen molar-refractivity contribution in [1.29, 1.82) is 0 Å². The molecule has 0 amide bonds. The van der Waals surface area contributed by atoms with Crippen molar-refractivity contribution < 1.29 is 4.74 Å². The number of benzene rings is 1. The van der Waals surface area contributed by atoms with E-state index in [4.69, 9.17) is 4.74 Å². The fraction of sp³-hybridized carbons (Fsp3) is 0.533. The summed E-state index contributed by atoms with van der Waals surface area (Å²) < 4.78 is 5.64. The van der Waals surface area contributed by atoms with E-state index < -0.39 is 0 Å². The second-order valence-corrected chi connectivity index (χ2v) is 5.93. The lowest BCUT2D eigenvalue weighted by Crippen LogP contribution is -2.41. The van der Waals surface area contributed by atoms with Crippen molar-refractivity contribution in [3.8, 4) is 5.75 Å². The van der Waals surface area contributed by atoms with Gasteiger partial charge in [-0.1, -0.05) is 36.9 Å². The molecule has 4 heteroatoms. The molecule has 2 atom stereocenters. The Morgan fingerprint density at radius 2 is 2.11 bits per heavy atom. The van der Waals surface area contributed by atoms with Crippen LogP contribution in [0.3, 0.4) is 0 Å². The molecule has 19 heavy (non-hydrogen) atoms. The smallest absolute Gasteiger partial charge is 0.156 e. The lowest BCUT2D eigenvalue weighted by Gasteiger charge is -2.28. The summed E-state index contributed by atoms with van der Waals surface area (Å²) in [6.07, 6.45) is 0.949. The van der Waals surface area contributed by atoms with E-state index >= 15 is 0 Å². The average Bonchev–Trinajstić information content (AvgIpc) is 2.43. The van der Waals surface area contributed by atoms with Crippen LogP contribution in [0.1, 0.15) is 20.3 Å². The third-order valence-corrected chi connectivity index (χ3v) is 4.47. The normalized spacial score (nSPS) is 25.1. The maximum atomic E-state index is 5.64. The van der Waals surface area contributed by atoms with Crippen LogP contribution in [0.2, 0.25) is 0 Å². The van der Waals surface area contributed by atoms with E-state index in [-0.39, 0.29) is 0 Å². The molecule has 1 N–H and O–H groups in total. The molecule has 0 aliphatic carbocycles. The van der Waals surface area contributed by atoms with Crippen LogP contribution in [0, 0.1) is 5.92 Å². The zero-order chi connectivity index (χ0) is 13.5. The second kappa shape index (κ2) is 7.43. The molecule has 1 aliphatic rings. The summed E-state index contributed by atoms with van der Waals surface area (Å²) in [5.74, 6) is 2.81. The van der Waals surface area contributed by atoms with Gasteiger partial charge < -0.3 is 10.1 Å². The maximum absolute atomic E-state index is 5.64. The largest absolute Gasteiger partial charge is 0.494 e. The Balaban J connectivity index is 1.64. The van der Waals surface area contributed by atoms with Gasteiger partial charge in [0.05, 0.1) is 6.61 Å². The van der Waals surface area contributed by atoms with Gasteiger partial charge in [-0.05, 0) is 25.0 Å². The van der Waals surface area contributed by atoms with Gasteiger partial charge >= 0.3 is 0 Å². The predicted molar refractivity (Wildman–Crippen MR) is 83.1 cm³/mol. The van der Waals surface area contributed by atoms with Crippen LogP contribution in [0.5, 0.6) is 5.75 Å². The number of nitrogens with one attached hydrogen (secondary N) is 1. The third kappa shape index (κ3) is 4.78. The molecule has 1 saturated heterocycles. The van der Waals surface area contributed by atoms with Crippen LogP contribution in [-0.4, -0.2) is 30.1 Å². The van der Waals surface area contributed by atoms with Crippen LogP contribution in [-0.2, 0) is 0 Å². The maximum Gasteiger partial charge on any atom is 0.156 e. The summed E-state index contributed by atoms with van der Waals surface area (Å²) in [6, 6.07) is 10.5. The van der Waals surface area contributed by atoms with Crippen LogP contribution < -0.4 is 10.1 Å². The van der Waals surface area contributed by atoms with Crippen molar-refractivity contribution in [1.82, 2.24) is 5.32 Å². The zero-order valence-corrected chi connectivity index (χ0v) is 12.5. The Morgan fingerprint density at radius 1 is 1.32 bits per heavy atom. The summed E-state index contributed by atoms with van der Waals surface area (Å²) in [5, 5.41) is 4.54. The van der Waals surface area contributed by atoms with Gasteiger partial charge in [0.15, 0.2) is 5.17 Å². The lowest BCUT2D eigenvalue weighted by molar-refractivity contribution is 0.313. The first-order valence-corrected chi connectivity index (χ1v) is 7.86. The summed E-state index contributed by atoms with van der Waals surface area (Å²) >= 11 is 1.83. The lowest BCUT2D eigenvalue weighted by atomic mass is 10.1. The molecule has 0 spiro atoms. The van der Waals surface area contributed by atoms with Crippen molar-refractivity contribution >= 4 is 16.9 Å². The van der Waals surface area contributed by atoms with Gasteiger partial charge in [0, 0.05) is 24.8 Å². The molecule has 0 bridgehead atoms. The quantitative estimate of drug-likeness (QED) is 0.840. The molecule has 1 aromatic carbocycles. The molecule has 0 aromatic heterocycles. The van der Waals surface area contributed by atoms with Gasteiger partial charge in [-0.2, -0.15) is 0 Å². The van der Waals surface area contributed by atoms with Gasteiger partial charge in [0.1, 0.15) is 5.75 Å². The van der Waals surface area contributed by atoms with Gasteiger partial charge in [0.25, 0.3) is 0 Å². The van der Waals surface area contributed by atoms with Crippen molar-refractivity contribution in [2.75, 3.05) is 18.9 Å². The number of ether oxygens (including phenoxy) is 1. The van der Waals surface area contributed by atoms with Crippen LogP contribution in [0.15, 0.2) is 35.3 Å². The molecular formula is C15H22N2OS. The van der Waals surface area contributed by atoms with Crippen molar-refractivity contribution in [2.45, 2.75) is 26.3 Å². The van der Waals surface area contributed by atoms with Gasteiger partial charge in [-0.3, -0.25) is 4.99 Å². The fourth-order valence-electron chi connectivity index (χ4n) is 1.78. The third-order valence-electron chi connectivity index (χ3n) is 3.26. The highest BCUT2D eigenvalue weighted by Crippen LogP contribution is 2.19. The Labute approximate surface area is 119 Å². The number of thioether (sulfide) groups is 1. The average molecular weight is 278 g/mol. The van der Waals surface area contributed by atoms with E-state index in [9.17, 15) is 0 Å². The molecule has 2 unspecified atom stereocenters. The fourth-order valence-corrected chi connectivity index (χ4v) is 2.94. The SMILES string of the molecule is CC1CSC(=NCCCOc2ccccc2)NC1C. The van der Waals surface area contributed by atoms with E-state index in [1.807, 2.05) is 42.1 Å². The highest BCUT2D eigenvalue weighted by atomic mass is 32.2. The topological polar surface area (TPSA) is 33.6 Å². The molecule has 0 radical (unpaired) electrons. The summed E-state index contributed by atoms with van der Waals surface area (Å²) in [4.78, 5) is 4.59. The van der Waals surface area contributed by atoms with Gasteiger partial charge in [-0.25, -0.2) is 0 Å². The Morgan fingerprint density at radius 3 is 2.84 bits per heavy atom. The van der Waals surface area contributed by atoms with Crippen molar-refractivity contribution in [3.63, 3.8) is 0 Å². The second-order valence-electron chi connectivity index (χ2n) is 4.92. The number of nitrogens with zero attached hydrogens (tertiary/aromatic N) is 1. The number of hydrogen-bond acceptors (Lipinski definition) is 3. The van der Waals surface area contributed by atoms with E-state index in [0.717, 1.165) is 36.2 Å². The first-order chi connectivity index (χ1) is 9.25. The number of hydrogen-bond donors (Lipinski definition) is 1. The monoisotopic (exact) mass is 278 g/mol. The van der Waals surface area contributed by atoms with Crippen LogP contribution >= 0.6 is 11.8 Å². The number of aliphatic imine (C=N–C) groups is 1. The van der Waals surface area contributed by atoms with Crippen molar-refractivity contribution in [2.24, 2.45) is 10.9 Å². The molecule has 3 nitrogen and oxygen atoms in total. The first kappa shape index (κ1) is 14.3. The molecule has 1 heterocycles. The minimum absolute atomic E-state index is 0.528. The minimum Gasteiger partial charge on any atom is -0.494 e. The standard InChI is InChI=1S/C15H22N2OS/c1-12-11-19-15(17-13(12)2)16-9-6-10-18-14-7-4-3-5-8-14/h3-5,7-8,12-13H,6,9-11H2,1-2H3,(H,16,17). The van der Waals surface area contributed by atoms with Crippen LogP contribution in [0.25, 0.3) is 0 Å².